The van der Waals surface area contributed by atoms with Gasteiger partial charge in [-0.2, -0.15) is 13.2 Å². The van der Waals surface area contributed by atoms with Crippen LogP contribution in [0.15, 0.2) is 36.5 Å². The highest BCUT2D eigenvalue weighted by Gasteiger charge is 2.32. The number of carbonyl (C=O) groups excluding carboxylic acids is 1. The van der Waals surface area contributed by atoms with Gasteiger partial charge in [-0.1, -0.05) is 0 Å². The number of benzene rings is 1. The molecule has 110 valence electrons. The molecule has 1 aromatic heterocycles. The molecule has 0 aliphatic carbocycles. The Labute approximate surface area is 130 Å². The molecule has 0 radical (unpaired) electrons. The fourth-order valence-corrected chi connectivity index (χ4v) is 2.23. The summed E-state index contributed by atoms with van der Waals surface area (Å²) in [5, 5.41) is 2.40. The molecular weight excluding hydrogens is 403 g/mol. The Kier molecular flexibility index (Phi) is 4.45. The van der Waals surface area contributed by atoms with Gasteiger partial charge in [0, 0.05) is 3.57 Å². The second-order valence-electron chi connectivity index (χ2n) is 4.01. The van der Waals surface area contributed by atoms with Crippen molar-refractivity contribution in [3.63, 3.8) is 0 Å². The maximum atomic E-state index is 12.9. The molecule has 2 rings (SSSR count). The van der Waals surface area contributed by atoms with Crippen LogP contribution in [-0.2, 0) is 6.18 Å². The number of alkyl halides is 3. The van der Waals surface area contributed by atoms with Crippen LogP contribution in [-0.4, -0.2) is 10.9 Å². The average molecular weight is 410 g/mol. The zero-order valence-corrected chi connectivity index (χ0v) is 12.4. The van der Waals surface area contributed by atoms with Crippen molar-refractivity contribution in [2.45, 2.75) is 6.18 Å². The van der Waals surface area contributed by atoms with E-state index in [-0.39, 0.29) is 11.3 Å². The topological polar surface area (TPSA) is 42.0 Å². The number of carbonyl (C=O) groups is 1. The number of amides is 1. The number of anilines is 1. The van der Waals surface area contributed by atoms with Gasteiger partial charge in [0.15, 0.2) is 0 Å². The molecule has 21 heavy (non-hydrogen) atoms. The highest BCUT2D eigenvalue weighted by molar-refractivity contribution is 14.1. The molecule has 0 saturated carbocycles. The van der Waals surface area contributed by atoms with E-state index in [1.807, 2.05) is 0 Å². The van der Waals surface area contributed by atoms with E-state index in [1.54, 1.807) is 22.6 Å². The number of nitrogens with one attached hydrogen (secondary N) is 1. The predicted octanol–water partition coefficient (Wildman–Crippen LogP) is 4.10. The molecule has 3 nitrogen and oxygen atoms in total. The Balaban J connectivity index is 2.16. The molecule has 8 heteroatoms. The molecule has 0 atom stereocenters. The fraction of sp³-hybridized carbons (Fsp3) is 0.0769. The standard InChI is InChI=1S/C13H7F4IN2O/c14-7-1-3-9(10(18)5-7)12(21)20-8-2-4-11(19-6-8)13(15,16)17/h1-6H,(H,20,21). The van der Waals surface area contributed by atoms with E-state index in [0.29, 0.717) is 3.57 Å². The van der Waals surface area contributed by atoms with Crippen LogP contribution in [0.3, 0.4) is 0 Å². The Morgan fingerprint density at radius 2 is 1.90 bits per heavy atom. The van der Waals surface area contributed by atoms with Crippen LogP contribution < -0.4 is 5.32 Å². The quantitative estimate of drug-likeness (QED) is 0.599. The first-order valence-electron chi connectivity index (χ1n) is 5.57. The summed E-state index contributed by atoms with van der Waals surface area (Å²) in [6, 6.07) is 5.47. The van der Waals surface area contributed by atoms with Crippen LogP contribution in [0.4, 0.5) is 23.2 Å². The summed E-state index contributed by atoms with van der Waals surface area (Å²) in [5.41, 5.74) is -0.707. The van der Waals surface area contributed by atoms with Crippen molar-refractivity contribution < 1.29 is 22.4 Å². The van der Waals surface area contributed by atoms with Gasteiger partial charge in [0.1, 0.15) is 11.5 Å². The molecule has 0 spiro atoms. The van der Waals surface area contributed by atoms with E-state index in [2.05, 4.69) is 10.3 Å². The maximum Gasteiger partial charge on any atom is 0.433 e. The van der Waals surface area contributed by atoms with Gasteiger partial charge >= 0.3 is 6.18 Å². The molecule has 0 saturated heterocycles. The lowest BCUT2D eigenvalue weighted by Crippen LogP contribution is -2.14. The Morgan fingerprint density at radius 1 is 1.19 bits per heavy atom. The summed E-state index contributed by atoms with van der Waals surface area (Å²) in [5.74, 6) is -1.03. The summed E-state index contributed by atoms with van der Waals surface area (Å²) in [4.78, 5) is 15.2. The Bertz CT molecular complexity index is 671. The number of hydrogen-bond acceptors (Lipinski definition) is 2. The Morgan fingerprint density at radius 3 is 2.43 bits per heavy atom. The van der Waals surface area contributed by atoms with E-state index in [0.717, 1.165) is 24.4 Å². The average Bonchev–Trinajstić information content (AvgIpc) is 2.38. The summed E-state index contributed by atoms with van der Waals surface area (Å²) in [7, 11) is 0. The first-order valence-corrected chi connectivity index (χ1v) is 6.65. The summed E-state index contributed by atoms with van der Waals surface area (Å²) < 4.78 is 50.4. The van der Waals surface area contributed by atoms with Crippen molar-refractivity contribution >= 4 is 34.2 Å². The number of pyridine rings is 1. The minimum Gasteiger partial charge on any atom is -0.321 e. The van der Waals surface area contributed by atoms with Crippen molar-refractivity contribution in [1.82, 2.24) is 4.98 Å². The third-order valence-electron chi connectivity index (χ3n) is 2.49. The van der Waals surface area contributed by atoms with E-state index in [4.69, 9.17) is 0 Å². The monoisotopic (exact) mass is 410 g/mol. The highest BCUT2D eigenvalue weighted by Crippen LogP contribution is 2.27. The van der Waals surface area contributed by atoms with Gasteiger partial charge in [0.25, 0.3) is 5.91 Å². The second-order valence-corrected chi connectivity index (χ2v) is 5.17. The van der Waals surface area contributed by atoms with Crippen LogP contribution in [0.2, 0.25) is 0 Å². The van der Waals surface area contributed by atoms with Crippen molar-refractivity contribution in [3.05, 3.63) is 57.2 Å². The fourth-order valence-electron chi connectivity index (χ4n) is 1.51. The maximum absolute atomic E-state index is 12.9. The van der Waals surface area contributed by atoms with E-state index >= 15 is 0 Å². The van der Waals surface area contributed by atoms with Crippen molar-refractivity contribution in [1.29, 1.82) is 0 Å². The zero-order valence-electron chi connectivity index (χ0n) is 10.2. The largest absolute Gasteiger partial charge is 0.433 e. The van der Waals surface area contributed by atoms with Gasteiger partial charge in [-0.25, -0.2) is 9.37 Å². The van der Waals surface area contributed by atoms with Crippen molar-refractivity contribution in [3.8, 4) is 0 Å². The van der Waals surface area contributed by atoms with E-state index < -0.39 is 23.6 Å². The molecule has 2 aromatic rings. The molecule has 0 bridgehead atoms. The van der Waals surface area contributed by atoms with Gasteiger partial charge in [-0.3, -0.25) is 4.79 Å². The molecule has 1 amide bonds. The van der Waals surface area contributed by atoms with E-state index in [9.17, 15) is 22.4 Å². The molecule has 0 aliphatic rings. The van der Waals surface area contributed by atoms with Gasteiger partial charge in [-0.15, -0.1) is 0 Å². The SMILES string of the molecule is O=C(Nc1ccc(C(F)(F)F)nc1)c1ccc(F)cc1I. The molecule has 0 unspecified atom stereocenters. The summed E-state index contributed by atoms with van der Waals surface area (Å²) in [6.45, 7) is 0. The number of hydrogen-bond donors (Lipinski definition) is 1. The van der Waals surface area contributed by atoms with Gasteiger partial charge in [0.05, 0.1) is 17.4 Å². The number of halogens is 5. The summed E-state index contributed by atoms with van der Waals surface area (Å²) >= 11 is 1.79. The normalized spacial score (nSPS) is 11.3. The first kappa shape index (κ1) is 15.7. The predicted molar refractivity (Wildman–Crippen MR) is 76.3 cm³/mol. The number of rotatable bonds is 2. The minimum atomic E-state index is -4.53. The van der Waals surface area contributed by atoms with Crippen LogP contribution in [0.1, 0.15) is 16.1 Å². The molecule has 1 aromatic carbocycles. The van der Waals surface area contributed by atoms with Crippen molar-refractivity contribution in [2.75, 3.05) is 5.32 Å². The second kappa shape index (κ2) is 5.96. The third-order valence-corrected chi connectivity index (χ3v) is 3.38. The molecule has 0 fully saturated rings. The molecule has 1 heterocycles. The van der Waals surface area contributed by atoms with Crippen LogP contribution in [0.25, 0.3) is 0 Å². The Hall–Kier alpha value is -1.71. The lowest BCUT2D eigenvalue weighted by atomic mass is 10.2. The van der Waals surface area contributed by atoms with Crippen LogP contribution in [0, 0.1) is 9.39 Å². The minimum absolute atomic E-state index is 0.119. The third kappa shape index (κ3) is 3.90. The lowest BCUT2D eigenvalue weighted by molar-refractivity contribution is -0.141. The van der Waals surface area contributed by atoms with Gasteiger partial charge in [-0.05, 0) is 52.9 Å². The first-order chi connectivity index (χ1) is 9.77. The summed E-state index contributed by atoms with van der Waals surface area (Å²) in [6.07, 6.45) is -3.62. The molecule has 0 aliphatic heterocycles. The van der Waals surface area contributed by atoms with Crippen LogP contribution in [0.5, 0.6) is 0 Å². The smallest absolute Gasteiger partial charge is 0.321 e. The van der Waals surface area contributed by atoms with E-state index in [1.165, 1.54) is 12.1 Å². The zero-order chi connectivity index (χ0) is 15.6. The van der Waals surface area contributed by atoms with Crippen LogP contribution >= 0.6 is 22.6 Å². The highest BCUT2D eigenvalue weighted by atomic mass is 127. The lowest BCUT2D eigenvalue weighted by Gasteiger charge is -2.09. The number of nitrogens with zero attached hydrogens (tertiary/aromatic N) is 1. The van der Waals surface area contributed by atoms with Crippen molar-refractivity contribution in [2.24, 2.45) is 0 Å². The molecule has 1 N–H and O–H groups in total. The van der Waals surface area contributed by atoms with Gasteiger partial charge < -0.3 is 5.32 Å². The van der Waals surface area contributed by atoms with Gasteiger partial charge in [0.2, 0.25) is 0 Å². The molecular formula is C13H7F4IN2O. The number of aromatic nitrogens is 1.